The van der Waals surface area contributed by atoms with Gasteiger partial charge in [0.2, 0.25) is 0 Å². The Labute approximate surface area is 493 Å². The van der Waals surface area contributed by atoms with Crippen molar-refractivity contribution in [2.75, 3.05) is 9.80 Å². The number of nitrogens with zero attached hydrogens (tertiary/aromatic N) is 4. The molecule has 0 atom stereocenters. The van der Waals surface area contributed by atoms with Crippen LogP contribution in [0.2, 0.25) is 0 Å². The zero-order chi connectivity index (χ0) is 56.0. The number of hydrogen-bond donors (Lipinski definition) is 0. The monoisotopic (exact) mass is 1080 g/mol. The number of rotatable bonds is 10. The van der Waals surface area contributed by atoms with Crippen molar-refractivity contribution in [2.45, 2.75) is 5.41 Å². The van der Waals surface area contributed by atoms with E-state index in [0.717, 1.165) is 45.5 Å². The van der Waals surface area contributed by atoms with Gasteiger partial charge in [-0.1, -0.05) is 206 Å². The van der Waals surface area contributed by atoms with Gasteiger partial charge in [0.1, 0.15) is 0 Å². The minimum atomic E-state index is -0.816. The molecule has 0 saturated carbocycles. The third-order valence-electron chi connectivity index (χ3n) is 17.9. The summed E-state index contributed by atoms with van der Waals surface area (Å²) in [7, 11) is 0. The van der Waals surface area contributed by atoms with Crippen LogP contribution in [0.1, 0.15) is 22.3 Å². The molecule has 14 aromatic carbocycles. The highest BCUT2D eigenvalue weighted by Gasteiger charge is 2.48. The Morgan fingerprint density at radius 3 is 0.882 bits per heavy atom. The van der Waals surface area contributed by atoms with Crippen LogP contribution in [-0.2, 0) is 5.41 Å². The van der Waals surface area contributed by atoms with E-state index in [1.165, 1.54) is 98.5 Å². The highest BCUT2D eigenvalue weighted by Crippen LogP contribution is 2.60. The highest BCUT2D eigenvalue weighted by molar-refractivity contribution is 6.10. The van der Waals surface area contributed by atoms with Crippen molar-refractivity contribution in [3.63, 3.8) is 0 Å². The molecule has 398 valence electrons. The van der Waals surface area contributed by atoms with Crippen molar-refractivity contribution < 1.29 is 0 Å². The first-order valence-electron chi connectivity index (χ1n) is 29.3. The van der Waals surface area contributed by atoms with E-state index in [9.17, 15) is 0 Å². The number of hydrogen-bond acceptors (Lipinski definition) is 2. The number of fused-ring (bicyclic) bond motifs is 11. The van der Waals surface area contributed by atoms with Gasteiger partial charge in [-0.2, -0.15) is 0 Å². The SMILES string of the molecule is c1ccc(N(c2ccc(-n3c4ccccc4c4ccccc43)cc2)c2ccc3c(c2)C(c2cccc4ccccc24)(c2cccc4ccccc24)c2cc(N(c4ccccc4)c4ccc(-n5c6ccccc6c6ccccc65)cc4)ccc2-3)cc1. The Hall–Kier alpha value is -11.2. The van der Waals surface area contributed by atoms with Gasteiger partial charge in [0.05, 0.1) is 27.5 Å². The van der Waals surface area contributed by atoms with Crippen LogP contribution >= 0.6 is 0 Å². The van der Waals surface area contributed by atoms with Gasteiger partial charge >= 0.3 is 0 Å². The summed E-state index contributed by atoms with van der Waals surface area (Å²) >= 11 is 0. The lowest BCUT2D eigenvalue weighted by Crippen LogP contribution is -2.30. The molecule has 1 aliphatic rings. The molecule has 2 heterocycles. The van der Waals surface area contributed by atoms with Crippen molar-refractivity contribution in [1.29, 1.82) is 0 Å². The number of anilines is 6. The van der Waals surface area contributed by atoms with E-state index in [0.29, 0.717) is 0 Å². The zero-order valence-electron chi connectivity index (χ0n) is 46.5. The van der Waals surface area contributed by atoms with Crippen LogP contribution in [0, 0.1) is 0 Å². The van der Waals surface area contributed by atoms with Gasteiger partial charge in [0.15, 0.2) is 0 Å². The maximum atomic E-state index is 2.51. The third kappa shape index (κ3) is 7.49. The number of para-hydroxylation sites is 6. The summed E-state index contributed by atoms with van der Waals surface area (Å²) in [6.07, 6.45) is 0. The van der Waals surface area contributed by atoms with Crippen molar-refractivity contribution in [2.24, 2.45) is 0 Å². The quantitative estimate of drug-likeness (QED) is 0.136. The normalized spacial score (nSPS) is 12.6. The van der Waals surface area contributed by atoms with Gasteiger partial charge in [-0.05, 0) is 176 Å². The summed E-state index contributed by atoms with van der Waals surface area (Å²) in [6, 6.07) is 121. The molecule has 0 saturated heterocycles. The standard InChI is InChI=1S/C81H54N4/c1-3-25-57(26-4-1)82(59-41-45-61(46-42-59)84-77-37-15-11-31-69(77)70-32-12-16-38-78(70)84)63-49-51-67-68-52-50-64(83(58-27-5-2-6-28-58)60-43-47-62(48-44-60)85-79-39-17-13-33-71(79)72-34-14-18-40-80(72)85)54-76(68)81(75(67)53-63,73-35-19-23-55-21-7-9-29-65(55)73)74-36-20-24-56-22-8-10-30-66(56)74/h1-54H. The molecule has 0 spiro atoms. The van der Waals surface area contributed by atoms with Gasteiger partial charge in [-0.3, -0.25) is 0 Å². The first kappa shape index (κ1) is 48.5. The molecule has 0 unspecified atom stereocenters. The summed E-state index contributed by atoms with van der Waals surface area (Å²) in [5.41, 5.74) is 20.0. The Bertz CT molecular complexity index is 4800. The van der Waals surface area contributed by atoms with E-state index in [1.807, 2.05) is 0 Å². The minimum Gasteiger partial charge on any atom is -0.310 e. The molecule has 1 aliphatic carbocycles. The second-order valence-corrected chi connectivity index (χ2v) is 22.4. The van der Waals surface area contributed by atoms with Crippen LogP contribution in [0.15, 0.2) is 328 Å². The predicted molar refractivity (Wildman–Crippen MR) is 357 cm³/mol. The molecule has 17 rings (SSSR count). The van der Waals surface area contributed by atoms with Crippen molar-refractivity contribution >= 4 is 99.3 Å². The largest absolute Gasteiger partial charge is 0.310 e. The molecule has 0 radical (unpaired) electrons. The van der Waals surface area contributed by atoms with E-state index >= 15 is 0 Å². The van der Waals surface area contributed by atoms with Gasteiger partial charge in [0, 0.05) is 67.0 Å². The lowest BCUT2D eigenvalue weighted by atomic mass is 9.65. The van der Waals surface area contributed by atoms with E-state index in [4.69, 9.17) is 0 Å². The Balaban J connectivity index is 0.893. The maximum Gasteiger partial charge on any atom is 0.0727 e. The number of aromatic nitrogens is 2. The summed E-state index contributed by atoms with van der Waals surface area (Å²) < 4.78 is 4.79. The molecule has 0 aliphatic heterocycles. The van der Waals surface area contributed by atoms with E-state index in [-0.39, 0.29) is 0 Å². The molecule has 2 aromatic heterocycles. The van der Waals surface area contributed by atoms with Gasteiger partial charge in [0.25, 0.3) is 0 Å². The molecule has 0 N–H and O–H groups in total. The fourth-order valence-corrected chi connectivity index (χ4v) is 14.4. The topological polar surface area (TPSA) is 16.3 Å². The van der Waals surface area contributed by atoms with Gasteiger partial charge < -0.3 is 18.9 Å². The van der Waals surface area contributed by atoms with Crippen LogP contribution in [0.25, 0.3) is 87.7 Å². The summed E-state index contributed by atoms with van der Waals surface area (Å²) in [4.78, 5) is 4.86. The molecule has 4 heteroatoms. The van der Waals surface area contributed by atoms with E-state index in [2.05, 4.69) is 347 Å². The summed E-state index contributed by atoms with van der Waals surface area (Å²) in [5, 5.41) is 9.82. The summed E-state index contributed by atoms with van der Waals surface area (Å²) in [5.74, 6) is 0. The van der Waals surface area contributed by atoms with E-state index < -0.39 is 5.41 Å². The fraction of sp³-hybridized carbons (Fsp3) is 0.0123. The smallest absolute Gasteiger partial charge is 0.0727 e. The van der Waals surface area contributed by atoms with Crippen LogP contribution < -0.4 is 9.80 Å². The molecule has 16 aromatic rings. The molecule has 85 heavy (non-hydrogen) atoms. The predicted octanol–water partition coefficient (Wildman–Crippen LogP) is 21.5. The third-order valence-corrected chi connectivity index (χ3v) is 17.9. The van der Waals surface area contributed by atoms with Crippen LogP contribution in [0.5, 0.6) is 0 Å². The van der Waals surface area contributed by atoms with E-state index in [1.54, 1.807) is 0 Å². The molecular weight excluding hydrogens is 1030 g/mol. The summed E-state index contributed by atoms with van der Waals surface area (Å²) in [6.45, 7) is 0. The fourth-order valence-electron chi connectivity index (χ4n) is 14.4. The molecule has 0 fully saturated rings. The van der Waals surface area contributed by atoms with Crippen LogP contribution in [-0.4, -0.2) is 9.13 Å². The lowest BCUT2D eigenvalue weighted by molar-refractivity contribution is 0.784. The lowest BCUT2D eigenvalue weighted by Gasteiger charge is -2.37. The Morgan fingerprint density at radius 1 is 0.212 bits per heavy atom. The van der Waals surface area contributed by atoms with Crippen LogP contribution in [0.4, 0.5) is 34.1 Å². The van der Waals surface area contributed by atoms with Crippen LogP contribution in [0.3, 0.4) is 0 Å². The second kappa shape index (κ2) is 19.5. The van der Waals surface area contributed by atoms with Gasteiger partial charge in [-0.25, -0.2) is 0 Å². The molecule has 0 amide bonds. The Morgan fingerprint density at radius 2 is 0.506 bits per heavy atom. The average Bonchev–Trinajstić information content (AvgIpc) is 1.94. The Kier molecular flexibility index (Phi) is 11.1. The molecule has 4 nitrogen and oxygen atoms in total. The maximum absolute atomic E-state index is 2.51. The first-order chi connectivity index (χ1) is 42.2. The van der Waals surface area contributed by atoms with Gasteiger partial charge in [-0.15, -0.1) is 0 Å². The molecular formula is C81H54N4. The minimum absolute atomic E-state index is 0.816. The van der Waals surface area contributed by atoms with Crippen molar-refractivity contribution in [1.82, 2.24) is 9.13 Å². The molecule has 0 bridgehead atoms. The van der Waals surface area contributed by atoms with Crippen molar-refractivity contribution in [3.8, 4) is 22.5 Å². The first-order valence-corrected chi connectivity index (χ1v) is 29.3. The highest BCUT2D eigenvalue weighted by atomic mass is 15.2. The zero-order valence-corrected chi connectivity index (χ0v) is 46.5. The number of benzene rings is 14. The van der Waals surface area contributed by atoms with Crippen molar-refractivity contribution in [3.05, 3.63) is 350 Å². The average molecular weight is 1080 g/mol. The second-order valence-electron chi connectivity index (χ2n) is 22.4.